The normalized spacial score (nSPS) is 27.0. The van der Waals surface area contributed by atoms with E-state index in [0.717, 1.165) is 0 Å². The fourth-order valence-electron chi connectivity index (χ4n) is 2.09. The van der Waals surface area contributed by atoms with Crippen molar-refractivity contribution in [3.05, 3.63) is 0 Å². The summed E-state index contributed by atoms with van der Waals surface area (Å²) in [6, 6.07) is 0. The van der Waals surface area contributed by atoms with Crippen LogP contribution in [-0.2, 0) is 14.4 Å². The molecule has 0 bridgehead atoms. The Morgan fingerprint density at radius 3 is 2.36 bits per heavy atom. The maximum Gasteiger partial charge on any atom is 0.410 e. The molecule has 0 spiro atoms. The van der Waals surface area contributed by atoms with E-state index in [1.54, 1.807) is 27.7 Å². The van der Waals surface area contributed by atoms with E-state index in [1.807, 2.05) is 0 Å². The number of amidine groups is 1. The molecule has 0 radical (unpaired) electrons. The Morgan fingerprint density at radius 2 is 1.91 bits per heavy atom. The fourth-order valence-corrected chi connectivity index (χ4v) is 2.09. The third-order valence-electron chi connectivity index (χ3n) is 3.60. The fraction of sp³-hybridized carbons (Fsp3) is 0.786. The van der Waals surface area contributed by atoms with Gasteiger partial charge in [0.1, 0.15) is 17.6 Å². The zero-order valence-corrected chi connectivity index (χ0v) is 13.3. The first-order valence-corrected chi connectivity index (χ1v) is 7.19. The van der Waals surface area contributed by atoms with E-state index in [2.05, 4.69) is 9.99 Å². The minimum Gasteiger partial charge on any atom is -0.444 e. The summed E-state index contributed by atoms with van der Waals surface area (Å²) in [6.45, 7) is 7.81. The SMILES string of the molecule is CC(C)(C)OC(=O)N1CC(C)(/C(N)=N/OC(=O)[C@@H]2C[C@@H]2F)C1. The van der Waals surface area contributed by atoms with Crippen molar-refractivity contribution < 1.29 is 23.6 Å². The van der Waals surface area contributed by atoms with E-state index < -0.39 is 35.2 Å². The molecule has 8 heteroatoms. The van der Waals surface area contributed by atoms with Crippen LogP contribution in [0.4, 0.5) is 9.18 Å². The van der Waals surface area contributed by atoms with Gasteiger partial charge in [-0.3, -0.25) is 0 Å². The van der Waals surface area contributed by atoms with E-state index in [-0.39, 0.29) is 12.3 Å². The van der Waals surface area contributed by atoms with Crippen LogP contribution >= 0.6 is 0 Å². The van der Waals surface area contributed by atoms with Crippen molar-refractivity contribution in [2.24, 2.45) is 22.2 Å². The summed E-state index contributed by atoms with van der Waals surface area (Å²) >= 11 is 0. The molecule has 22 heavy (non-hydrogen) atoms. The van der Waals surface area contributed by atoms with Crippen LogP contribution in [0.3, 0.4) is 0 Å². The number of hydrogen-bond donors (Lipinski definition) is 1. The molecular formula is C14H22FN3O4. The standard InChI is InChI=1S/C14H22FN3O4/c1-13(2,3)21-12(20)18-6-14(4,7-18)11(16)17-22-10(19)8-5-9(8)15/h8-9H,5-7H2,1-4H3,(H2,16,17)/t8-,9+/m1/s1. The quantitative estimate of drug-likeness (QED) is 0.368. The molecule has 0 aromatic carbocycles. The van der Waals surface area contributed by atoms with Crippen LogP contribution in [0.25, 0.3) is 0 Å². The van der Waals surface area contributed by atoms with Crippen molar-refractivity contribution in [1.82, 2.24) is 4.90 Å². The molecule has 124 valence electrons. The lowest BCUT2D eigenvalue weighted by molar-refractivity contribution is -0.145. The van der Waals surface area contributed by atoms with Gasteiger partial charge in [-0.15, -0.1) is 0 Å². The van der Waals surface area contributed by atoms with Gasteiger partial charge in [0.05, 0.1) is 11.3 Å². The number of likely N-dealkylation sites (tertiary alicyclic amines) is 1. The summed E-state index contributed by atoms with van der Waals surface area (Å²) in [4.78, 5) is 29.4. The van der Waals surface area contributed by atoms with Crippen molar-refractivity contribution in [1.29, 1.82) is 0 Å². The summed E-state index contributed by atoms with van der Waals surface area (Å²) in [5, 5.41) is 3.58. The van der Waals surface area contributed by atoms with Crippen molar-refractivity contribution in [2.75, 3.05) is 13.1 Å². The highest BCUT2D eigenvalue weighted by Crippen LogP contribution is 2.35. The van der Waals surface area contributed by atoms with Crippen LogP contribution in [0.5, 0.6) is 0 Å². The molecule has 2 aliphatic rings. The number of carbonyl (C=O) groups is 2. The van der Waals surface area contributed by atoms with Gasteiger partial charge < -0.3 is 20.2 Å². The molecule has 1 aliphatic heterocycles. The number of nitrogens with zero attached hydrogens (tertiary/aromatic N) is 2. The van der Waals surface area contributed by atoms with Crippen molar-refractivity contribution >= 4 is 17.9 Å². The third-order valence-corrected chi connectivity index (χ3v) is 3.60. The first-order valence-electron chi connectivity index (χ1n) is 7.19. The molecule has 1 saturated heterocycles. The second-order valence-electron chi connectivity index (χ2n) is 7.14. The van der Waals surface area contributed by atoms with Gasteiger partial charge >= 0.3 is 12.1 Å². The lowest BCUT2D eigenvalue weighted by Gasteiger charge is -2.46. The zero-order valence-electron chi connectivity index (χ0n) is 13.3. The summed E-state index contributed by atoms with van der Waals surface area (Å²) in [5.74, 6) is -1.32. The van der Waals surface area contributed by atoms with Crippen molar-refractivity contribution in [3.8, 4) is 0 Å². The first-order chi connectivity index (χ1) is 10.0. The number of ether oxygens (including phenoxy) is 1. The molecule has 1 aliphatic carbocycles. The summed E-state index contributed by atoms with van der Waals surface area (Å²) in [7, 11) is 0. The maximum absolute atomic E-state index is 12.7. The van der Waals surface area contributed by atoms with E-state index >= 15 is 0 Å². The monoisotopic (exact) mass is 315 g/mol. The highest BCUT2D eigenvalue weighted by molar-refractivity contribution is 5.89. The third kappa shape index (κ3) is 3.66. The Bertz CT molecular complexity index is 509. The number of oxime groups is 1. The van der Waals surface area contributed by atoms with Gasteiger partial charge in [0, 0.05) is 13.1 Å². The van der Waals surface area contributed by atoms with Crippen LogP contribution in [-0.4, -0.2) is 47.7 Å². The Labute approximate surface area is 128 Å². The van der Waals surface area contributed by atoms with Crippen LogP contribution in [0.2, 0.25) is 0 Å². The molecule has 1 heterocycles. The minimum absolute atomic E-state index is 0.108. The molecule has 2 atom stereocenters. The molecule has 0 aromatic rings. The summed E-state index contributed by atoms with van der Waals surface area (Å²) < 4.78 is 17.9. The second-order valence-corrected chi connectivity index (χ2v) is 7.14. The highest BCUT2D eigenvalue weighted by Gasteiger charge is 2.48. The number of nitrogens with two attached hydrogens (primary N) is 1. The van der Waals surface area contributed by atoms with Crippen LogP contribution < -0.4 is 5.73 Å². The van der Waals surface area contributed by atoms with Gasteiger partial charge in [-0.05, 0) is 34.1 Å². The van der Waals surface area contributed by atoms with E-state index in [9.17, 15) is 14.0 Å². The molecular weight excluding hydrogens is 293 g/mol. The van der Waals surface area contributed by atoms with E-state index in [0.29, 0.717) is 13.1 Å². The average Bonchev–Trinajstić information content (AvgIpc) is 3.06. The van der Waals surface area contributed by atoms with E-state index in [4.69, 9.17) is 10.5 Å². The predicted octanol–water partition coefficient (Wildman–Crippen LogP) is 1.42. The van der Waals surface area contributed by atoms with Gasteiger partial charge in [-0.2, -0.15) is 0 Å². The van der Waals surface area contributed by atoms with Gasteiger partial charge in [0.15, 0.2) is 0 Å². The van der Waals surface area contributed by atoms with Gasteiger partial charge in [0.25, 0.3) is 0 Å². The molecule has 2 rings (SSSR count). The number of alkyl halides is 1. The predicted molar refractivity (Wildman–Crippen MR) is 76.6 cm³/mol. The number of carbonyl (C=O) groups excluding carboxylic acids is 2. The van der Waals surface area contributed by atoms with Gasteiger partial charge in [-0.25, -0.2) is 14.0 Å². The Kier molecular flexibility index (Phi) is 4.06. The zero-order chi connectivity index (χ0) is 16.7. The number of rotatable bonds is 3. The highest BCUT2D eigenvalue weighted by atomic mass is 19.1. The minimum atomic E-state index is -1.13. The lowest BCUT2D eigenvalue weighted by atomic mass is 9.81. The van der Waals surface area contributed by atoms with Crippen LogP contribution in [0, 0.1) is 11.3 Å². The second kappa shape index (κ2) is 5.40. The van der Waals surface area contributed by atoms with Crippen LogP contribution in [0.15, 0.2) is 5.16 Å². The summed E-state index contributed by atoms with van der Waals surface area (Å²) in [5.41, 5.74) is 4.67. The molecule has 2 N–H and O–H groups in total. The lowest BCUT2D eigenvalue weighted by Crippen LogP contribution is -2.63. The number of amides is 1. The largest absolute Gasteiger partial charge is 0.444 e. The smallest absolute Gasteiger partial charge is 0.410 e. The number of halogens is 1. The van der Waals surface area contributed by atoms with Crippen molar-refractivity contribution in [3.63, 3.8) is 0 Å². The average molecular weight is 315 g/mol. The maximum atomic E-state index is 12.7. The Hall–Kier alpha value is -1.86. The van der Waals surface area contributed by atoms with Gasteiger partial charge in [0.2, 0.25) is 0 Å². The molecule has 1 saturated carbocycles. The Balaban J connectivity index is 1.83. The molecule has 2 fully saturated rings. The van der Waals surface area contributed by atoms with Gasteiger partial charge in [-0.1, -0.05) is 5.16 Å². The van der Waals surface area contributed by atoms with E-state index in [1.165, 1.54) is 4.90 Å². The summed E-state index contributed by atoms with van der Waals surface area (Å²) in [6.07, 6.45) is -1.38. The Morgan fingerprint density at radius 1 is 1.36 bits per heavy atom. The molecule has 0 unspecified atom stereocenters. The topological polar surface area (TPSA) is 94.2 Å². The molecule has 1 amide bonds. The first kappa shape index (κ1) is 16.5. The van der Waals surface area contributed by atoms with Crippen LogP contribution in [0.1, 0.15) is 34.1 Å². The van der Waals surface area contributed by atoms with Crippen molar-refractivity contribution in [2.45, 2.75) is 45.9 Å². The molecule has 0 aromatic heterocycles. The molecule has 7 nitrogen and oxygen atoms in total. The number of hydrogen-bond acceptors (Lipinski definition) is 5.